The van der Waals surface area contributed by atoms with E-state index < -0.39 is 15.8 Å². The molecule has 1 aromatic heterocycles. The molecule has 0 spiro atoms. The summed E-state index contributed by atoms with van der Waals surface area (Å²) < 4.78 is 28.0. The fourth-order valence-corrected chi connectivity index (χ4v) is 5.14. The molecule has 1 fully saturated rings. The second-order valence-electron chi connectivity index (χ2n) is 6.92. The molecule has 4 rings (SSSR count). The summed E-state index contributed by atoms with van der Waals surface area (Å²) >= 11 is 1.10. The number of benzene rings is 2. The van der Waals surface area contributed by atoms with Gasteiger partial charge in [0.05, 0.1) is 16.3 Å². The van der Waals surface area contributed by atoms with Crippen LogP contribution in [0.4, 0.5) is 5.69 Å². The van der Waals surface area contributed by atoms with Crippen LogP contribution in [0.1, 0.15) is 19.3 Å². The lowest BCUT2D eigenvalue weighted by Gasteiger charge is -2.24. The van der Waals surface area contributed by atoms with Gasteiger partial charge in [0.25, 0.3) is 0 Å². The maximum Gasteiger partial charge on any atom is 0.234 e. The number of phenols is 1. The number of carbonyl (C=O) groups is 2. The van der Waals surface area contributed by atoms with Gasteiger partial charge in [-0.05, 0) is 24.2 Å². The number of nitrogens with one attached hydrogen (secondary N) is 2. The number of hydrogen-bond donors (Lipinski definition) is 3. The number of carbonyl (C=O) groups excluding carboxylic acids is 2. The van der Waals surface area contributed by atoms with Crippen LogP contribution in [0.15, 0.2) is 46.7 Å². The van der Waals surface area contributed by atoms with Gasteiger partial charge in [-0.25, -0.2) is 13.4 Å². The summed E-state index contributed by atoms with van der Waals surface area (Å²) in [5, 5.41) is 18.5. The van der Waals surface area contributed by atoms with Gasteiger partial charge in [-0.1, -0.05) is 24.3 Å². The van der Waals surface area contributed by atoms with Crippen molar-refractivity contribution in [2.24, 2.45) is 0 Å². The molecule has 10 nitrogen and oxygen atoms in total. The number of rotatable bonds is 7. The largest absolute Gasteiger partial charge is 0.506 e. The van der Waals surface area contributed by atoms with Gasteiger partial charge in [-0.15, -0.1) is 0 Å². The van der Waals surface area contributed by atoms with Gasteiger partial charge in [0.1, 0.15) is 12.1 Å². The lowest BCUT2D eigenvalue weighted by Crippen LogP contribution is -2.43. The predicted molar refractivity (Wildman–Crippen MR) is 114 cm³/mol. The van der Waals surface area contributed by atoms with E-state index in [-0.39, 0.29) is 42.6 Å². The smallest absolute Gasteiger partial charge is 0.234 e. The Kier molecular flexibility index (Phi) is 5.83. The van der Waals surface area contributed by atoms with Gasteiger partial charge in [0, 0.05) is 30.2 Å². The average Bonchev–Trinajstić information content (AvgIpc) is 3.24. The zero-order valence-electron chi connectivity index (χ0n) is 16.2. The Morgan fingerprint density at radius 2 is 1.87 bits per heavy atom. The quantitative estimate of drug-likeness (QED) is 0.358. The minimum atomic E-state index is -3.89. The first-order valence-corrected chi connectivity index (χ1v) is 11.9. The van der Waals surface area contributed by atoms with Crippen LogP contribution in [0.25, 0.3) is 10.8 Å². The molecule has 12 heteroatoms. The van der Waals surface area contributed by atoms with Crippen LogP contribution in [0.2, 0.25) is 0 Å². The van der Waals surface area contributed by atoms with Gasteiger partial charge >= 0.3 is 0 Å². The number of likely N-dealkylation sites (tertiary alicyclic amines) is 1. The number of nitrogens with zero attached hydrogens (tertiary/aromatic N) is 3. The van der Waals surface area contributed by atoms with Crippen molar-refractivity contribution in [1.82, 2.24) is 20.1 Å². The maximum absolute atomic E-state index is 12.8. The summed E-state index contributed by atoms with van der Waals surface area (Å²) in [6.45, 7) is -0.206. The number of piperidine rings is 1. The van der Waals surface area contributed by atoms with Gasteiger partial charge < -0.3 is 5.11 Å². The number of aromatic nitrogens is 3. The lowest BCUT2D eigenvalue weighted by atomic mass is 10.1. The second kappa shape index (κ2) is 8.55. The number of aromatic hydroxyl groups is 1. The van der Waals surface area contributed by atoms with Crippen LogP contribution in [-0.4, -0.2) is 57.7 Å². The number of anilines is 1. The highest BCUT2D eigenvalue weighted by atomic mass is 32.2. The van der Waals surface area contributed by atoms with Crippen molar-refractivity contribution in [1.29, 1.82) is 0 Å². The Hall–Kier alpha value is -3.12. The molecule has 0 saturated carbocycles. The van der Waals surface area contributed by atoms with Crippen molar-refractivity contribution in [3.05, 3.63) is 36.7 Å². The summed E-state index contributed by atoms with van der Waals surface area (Å²) in [7, 11) is -3.89. The fraction of sp³-hybridized carbons (Fsp3) is 0.263. The molecule has 2 amide bonds. The molecular formula is C19H19N5O5S2. The third-order valence-corrected chi connectivity index (χ3v) is 6.99. The molecule has 1 aliphatic rings. The van der Waals surface area contributed by atoms with Crippen LogP contribution in [-0.2, 0) is 19.6 Å². The molecule has 1 saturated heterocycles. The fourth-order valence-electron chi connectivity index (χ4n) is 3.32. The molecule has 1 aliphatic heterocycles. The van der Waals surface area contributed by atoms with E-state index in [1.165, 1.54) is 12.4 Å². The topological polar surface area (TPSA) is 145 Å². The van der Waals surface area contributed by atoms with Crippen LogP contribution in [0.3, 0.4) is 0 Å². The number of hydrogen-bond acceptors (Lipinski definition) is 8. The number of aromatic amines is 1. The van der Waals surface area contributed by atoms with E-state index >= 15 is 0 Å². The van der Waals surface area contributed by atoms with Crippen molar-refractivity contribution in [3.63, 3.8) is 0 Å². The Balaban J connectivity index is 1.61. The normalized spacial score (nSPS) is 14.9. The number of imide groups is 1. The van der Waals surface area contributed by atoms with E-state index in [2.05, 4.69) is 19.9 Å². The van der Waals surface area contributed by atoms with E-state index in [0.29, 0.717) is 27.2 Å². The Bertz CT molecular complexity index is 1230. The summed E-state index contributed by atoms with van der Waals surface area (Å²) in [6.07, 6.45) is 2.30. The standard InChI is InChI=1S/C19H19N5O5S2/c25-16-6-3-7-17(26)24(16)8-9-31(28,29)23-14-10-15(30-19-20-11-21-22-19)18(27)13-5-2-1-4-12(13)14/h1-2,4-5,10-11,23,27H,3,6-9H2,(H,20,21,22). The first-order chi connectivity index (χ1) is 14.8. The van der Waals surface area contributed by atoms with Crippen molar-refractivity contribution in [3.8, 4) is 5.75 Å². The number of phenolic OH excluding ortho intramolecular Hbond substituents is 1. The molecule has 3 aromatic rings. The van der Waals surface area contributed by atoms with E-state index in [1.807, 2.05) is 0 Å². The van der Waals surface area contributed by atoms with Crippen molar-refractivity contribution in [2.45, 2.75) is 29.3 Å². The van der Waals surface area contributed by atoms with Crippen LogP contribution in [0.5, 0.6) is 5.75 Å². The molecule has 162 valence electrons. The van der Waals surface area contributed by atoms with Crippen LogP contribution >= 0.6 is 11.8 Å². The minimum Gasteiger partial charge on any atom is -0.506 e. The monoisotopic (exact) mass is 461 g/mol. The molecule has 2 aromatic carbocycles. The molecule has 0 bridgehead atoms. The first kappa shape index (κ1) is 21.1. The summed E-state index contributed by atoms with van der Waals surface area (Å²) in [4.78, 5) is 29.3. The van der Waals surface area contributed by atoms with Gasteiger partial charge in [-0.2, -0.15) is 5.10 Å². The highest BCUT2D eigenvalue weighted by molar-refractivity contribution is 7.99. The van der Waals surface area contributed by atoms with Crippen LogP contribution < -0.4 is 4.72 Å². The van der Waals surface area contributed by atoms with Gasteiger partial charge in [0.15, 0.2) is 5.16 Å². The Morgan fingerprint density at radius 1 is 1.16 bits per heavy atom. The van der Waals surface area contributed by atoms with E-state index in [4.69, 9.17) is 0 Å². The van der Waals surface area contributed by atoms with E-state index in [9.17, 15) is 23.1 Å². The molecule has 3 N–H and O–H groups in total. The highest BCUT2D eigenvalue weighted by Crippen LogP contribution is 2.41. The molecule has 0 unspecified atom stereocenters. The summed E-state index contributed by atoms with van der Waals surface area (Å²) in [5.74, 6) is -1.14. The lowest BCUT2D eigenvalue weighted by molar-refractivity contribution is -0.147. The van der Waals surface area contributed by atoms with Crippen LogP contribution in [0, 0.1) is 0 Å². The third kappa shape index (κ3) is 4.64. The Labute approximate surface area is 182 Å². The molecule has 0 radical (unpaired) electrons. The number of amides is 2. The van der Waals surface area contributed by atoms with Crippen molar-refractivity contribution < 1.29 is 23.1 Å². The number of sulfonamides is 1. The van der Waals surface area contributed by atoms with Gasteiger partial charge in [0.2, 0.25) is 21.8 Å². The third-order valence-electron chi connectivity index (χ3n) is 4.81. The van der Waals surface area contributed by atoms with E-state index in [1.54, 1.807) is 24.3 Å². The second-order valence-corrected chi connectivity index (χ2v) is 9.80. The van der Waals surface area contributed by atoms with E-state index in [0.717, 1.165) is 16.7 Å². The zero-order valence-corrected chi connectivity index (χ0v) is 17.9. The minimum absolute atomic E-state index is 0.00976. The molecule has 2 heterocycles. The summed E-state index contributed by atoms with van der Waals surface area (Å²) in [5.41, 5.74) is 0.270. The Morgan fingerprint density at radius 3 is 2.55 bits per heavy atom. The van der Waals surface area contributed by atoms with Crippen molar-refractivity contribution in [2.75, 3.05) is 17.0 Å². The summed E-state index contributed by atoms with van der Waals surface area (Å²) in [6, 6.07) is 8.34. The molecule has 0 aliphatic carbocycles. The number of H-pyrrole nitrogens is 1. The van der Waals surface area contributed by atoms with Crippen molar-refractivity contribution >= 4 is 50.1 Å². The zero-order chi connectivity index (χ0) is 22.0. The SMILES string of the molecule is O=C1CCCC(=O)N1CCS(=O)(=O)Nc1cc(Sc2ncn[nH]2)c(O)c2ccccc12. The molecule has 0 atom stereocenters. The number of fused-ring (bicyclic) bond motifs is 1. The maximum atomic E-state index is 12.8. The average molecular weight is 462 g/mol. The van der Waals surface area contributed by atoms with Gasteiger partial charge in [-0.3, -0.25) is 24.3 Å². The predicted octanol–water partition coefficient (Wildman–Crippen LogP) is 2.10. The highest BCUT2D eigenvalue weighted by Gasteiger charge is 2.27. The molecule has 31 heavy (non-hydrogen) atoms. The molecular weight excluding hydrogens is 442 g/mol. The first-order valence-electron chi connectivity index (χ1n) is 9.46.